The van der Waals surface area contributed by atoms with Gasteiger partial charge in [0, 0.05) is 12.6 Å². The van der Waals surface area contributed by atoms with Crippen LogP contribution < -0.4 is 15.4 Å². The molecule has 1 fully saturated rings. The first-order valence-corrected chi connectivity index (χ1v) is 7.94. The largest absolute Gasteiger partial charge is 0.492 e. The summed E-state index contributed by atoms with van der Waals surface area (Å²) in [7, 11) is 0. The highest BCUT2D eigenvalue weighted by Crippen LogP contribution is 2.28. The maximum Gasteiger partial charge on any atom is 0.315 e. The first-order valence-electron chi connectivity index (χ1n) is 7.56. The lowest BCUT2D eigenvalue weighted by Gasteiger charge is -2.15. The number of carbonyl (C=O) groups is 1. The summed E-state index contributed by atoms with van der Waals surface area (Å²) in [6.07, 6.45) is 4.58. The number of hydrogen-bond acceptors (Lipinski definition) is 2. The molecule has 0 spiro atoms. The van der Waals surface area contributed by atoms with E-state index in [2.05, 4.69) is 10.6 Å². The summed E-state index contributed by atoms with van der Waals surface area (Å²) in [6.45, 7) is 4.97. The lowest BCUT2D eigenvalue weighted by atomic mass is 10.1. The first kappa shape index (κ1) is 16.0. The van der Waals surface area contributed by atoms with Crippen molar-refractivity contribution in [1.82, 2.24) is 10.6 Å². The van der Waals surface area contributed by atoms with Gasteiger partial charge < -0.3 is 15.4 Å². The summed E-state index contributed by atoms with van der Waals surface area (Å²) in [5.41, 5.74) is 2.06. The van der Waals surface area contributed by atoms with Crippen LogP contribution in [0.5, 0.6) is 5.75 Å². The Kier molecular flexibility index (Phi) is 5.74. The molecule has 0 atom stereocenters. The molecule has 0 radical (unpaired) electrons. The number of hydrogen-bond donors (Lipinski definition) is 2. The van der Waals surface area contributed by atoms with Crippen molar-refractivity contribution in [3.05, 3.63) is 28.3 Å². The lowest BCUT2D eigenvalue weighted by molar-refractivity contribution is 0.236. The second-order valence-electron chi connectivity index (χ2n) is 5.45. The van der Waals surface area contributed by atoms with E-state index in [1.165, 1.54) is 12.8 Å². The minimum atomic E-state index is -0.105. The van der Waals surface area contributed by atoms with Crippen molar-refractivity contribution in [2.24, 2.45) is 0 Å². The van der Waals surface area contributed by atoms with Crippen molar-refractivity contribution in [3.63, 3.8) is 0 Å². The number of ether oxygens (including phenoxy) is 1. The van der Waals surface area contributed by atoms with Crippen molar-refractivity contribution >= 4 is 17.6 Å². The molecule has 0 aromatic heterocycles. The zero-order chi connectivity index (χ0) is 15.2. The summed E-state index contributed by atoms with van der Waals surface area (Å²) in [4.78, 5) is 11.9. The van der Waals surface area contributed by atoms with Gasteiger partial charge >= 0.3 is 6.03 Å². The molecule has 1 saturated carbocycles. The SMILES string of the molecule is CCOc1cc(C)c(CNC(=O)NC2CCCC2)cc1Cl. The van der Waals surface area contributed by atoms with Gasteiger partial charge in [-0.15, -0.1) is 0 Å². The minimum Gasteiger partial charge on any atom is -0.492 e. The molecule has 5 heteroatoms. The van der Waals surface area contributed by atoms with Gasteiger partial charge in [-0.1, -0.05) is 24.4 Å². The molecule has 1 aliphatic rings. The molecule has 2 rings (SSSR count). The van der Waals surface area contributed by atoms with Gasteiger partial charge in [0.05, 0.1) is 11.6 Å². The highest BCUT2D eigenvalue weighted by molar-refractivity contribution is 6.32. The van der Waals surface area contributed by atoms with E-state index in [-0.39, 0.29) is 6.03 Å². The fourth-order valence-electron chi connectivity index (χ4n) is 2.63. The molecule has 0 saturated heterocycles. The van der Waals surface area contributed by atoms with Gasteiger partial charge in [-0.25, -0.2) is 4.79 Å². The Labute approximate surface area is 131 Å². The molecule has 1 aromatic rings. The molecule has 116 valence electrons. The normalized spacial score (nSPS) is 15.0. The van der Waals surface area contributed by atoms with E-state index in [4.69, 9.17) is 16.3 Å². The van der Waals surface area contributed by atoms with E-state index in [0.29, 0.717) is 30.0 Å². The highest BCUT2D eigenvalue weighted by atomic mass is 35.5. The number of urea groups is 1. The van der Waals surface area contributed by atoms with E-state index < -0.39 is 0 Å². The number of rotatable bonds is 5. The molecular weight excluding hydrogens is 288 g/mol. The minimum absolute atomic E-state index is 0.105. The Morgan fingerprint density at radius 3 is 2.76 bits per heavy atom. The summed E-state index contributed by atoms with van der Waals surface area (Å²) in [5.74, 6) is 0.691. The summed E-state index contributed by atoms with van der Waals surface area (Å²) in [6, 6.07) is 4.00. The smallest absolute Gasteiger partial charge is 0.315 e. The molecule has 2 N–H and O–H groups in total. The van der Waals surface area contributed by atoms with Crippen molar-refractivity contribution in [2.45, 2.75) is 52.1 Å². The number of nitrogens with one attached hydrogen (secondary N) is 2. The van der Waals surface area contributed by atoms with Crippen LogP contribution in [0.3, 0.4) is 0 Å². The van der Waals surface area contributed by atoms with Crippen molar-refractivity contribution in [1.29, 1.82) is 0 Å². The predicted octanol–water partition coefficient (Wildman–Crippen LogP) is 3.79. The third-order valence-corrected chi connectivity index (χ3v) is 4.12. The van der Waals surface area contributed by atoms with Gasteiger partial charge in [-0.3, -0.25) is 0 Å². The van der Waals surface area contributed by atoms with Gasteiger partial charge in [0.2, 0.25) is 0 Å². The Balaban J connectivity index is 1.90. The van der Waals surface area contributed by atoms with E-state index >= 15 is 0 Å². The molecule has 0 unspecified atom stereocenters. The number of aryl methyl sites for hydroxylation is 1. The molecule has 2 amide bonds. The number of carbonyl (C=O) groups excluding carboxylic acids is 1. The third kappa shape index (κ3) is 4.53. The van der Waals surface area contributed by atoms with Crippen LogP contribution in [0, 0.1) is 6.92 Å². The molecule has 0 aliphatic heterocycles. The Bertz CT molecular complexity index is 499. The maximum absolute atomic E-state index is 11.9. The third-order valence-electron chi connectivity index (χ3n) is 3.82. The second-order valence-corrected chi connectivity index (χ2v) is 5.86. The average Bonchev–Trinajstić information content (AvgIpc) is 2.94. The van der Waals surface area contributed by atoms with Crippen molar-refractivity contribution < 1.29 is 9.53 Å². The summed E-state index contributed by atoms with van der Waals surface area (Å²) in [5, 5.41) is 6.48. The Hall–Kier alpha value is -1.42. The van der Waals surface area contributed by atoms with Crippen LogP contribution >= 0.6 is 11.6 Å². The van der Waals surface area contributed by atoms with Crippen molar-refractivity contribution in [3.8, 4) is 5.75 Å². The lowest BCUT2D eigenvalue weighted by Crippen LogP contribution is -2.40. The first-order chi connectivity index (χ1) is 10.1. The molecule has 0 heterocycles. The number of benzene rings is 1. The van der Waals surface area contributed by atoms with Crippen LogP contribution in [0.25, 0.3) is 0 Å². The number of amides is 2. The monoisotopic (exact) mass is 310 g/mol. The zero-order valence-electron chi connectivity index (χ0n) is 12.7. The number of halogens is 1. The molecule has 21 heavy (non-hydrogen) atoms. The molecular formula is C16H23ClN2O2. The van der Waals surface area contributed by atoms with Crippen LogP contribution in [-0.2, 0) is 6.54 Å². The highest BCUT2D eigenvalue weighted by Gasteiger charge is 2.17. The zero-order valence-corrected chi connectivity index (χ0v) is 13.4. The molecule has 1 aromatic carbocycles. The van der Waals surface area contributed by atoms with Crippen LogP contribution in [-0.4, -0.2) is 18.7 Å². The van der Waals surface area contributed by atoms with Gasteiger partial charge in [0.15, 0.2) is 0 Å². The van der Waals surface area contributed by atoms with Gasteiger partial charge in [-0.2, -0.15) is 0 Å². The summed E-state index contributed by atoms with van der Waals surface area (Å²) >= 11 is 6.18. The fraction of sp³-hybridized carbons (Fsp3) is 0.562. The summed E-state index contributed by atoms with van der Waals surface area (Å²) < 4.78 is 5.46. The topological polar surface area (TPSA) is 50.4 Å². The molecule has 1 aliphatic carbocycles. The van der Waals surface area contributed by atoms with Crippen LogP contribution in [0.2, 0.25) is 5.02 Å². The average molecular weight is 311 g/mol. The second kappa shape index (κ2) is 7.55. The standard InChI is InChI=1S/C16H23ClN2O2/c1-3-21-15-8-11(2)12(9-14(15)17)10-18-16(20)19-13-6-4-5-7-13/h8-9,13H,3-7,10H2,1-2H3,(H2,18,19,20). The van der Waals surface area contributed by atoms with Gasteiger partial charge in [0.25, 0.3) is 0 Å². The van der Waals surface area contributed by atoms with E-state index in [1.807, 2.05) is 26.0 Å². The molecule has 0 bridgehead atoms. The molecule has 4 nitrogen and oxygen atoms in total. The predicted molar refractivity (Wildman–Crippen MR) is 85.0 cm³/mol. The fourth-order valence-corrected chi connectivity index (χ4v) is 2.88. The van der Waals surface area contributed by atoms with Crippen LogP contribution in [0.15, 0.2) is 12.1 Å². The Morgan fingerprint density at radius 2 is 2.10 bits per heavy atom. The quantitative estimate of drug-likeness (QED) is 0.869. The van der Waals surface area contributed by atoms with E-state index in [1.54, 1.807) is 0 Å². The Morgan fingerprint density at radius 1 is 1.38 bits per heavy atom. The van der Waals surface area contributed by atoms with Crippen LogP contribution in [0.4, 0.5) is 4.79 Å². The maximum atomic E-state index is 11.9. The van der Waals surface area contributed by atoms with E-state index in [9.17, 15) is 4.79 Å². The van der Waals surface area contributed by atoms with Crippen LogP contribution in [0.1, 0.15) is 43.7 Å². The van der Waals surface area contributed by atoms with E-state index in [0.717, 1.165) is 24.0 Å². The van der Waals surface area contributed by atoms with Crippen molar-refractivity contribution in [2.75, 3.05) is 6.61 Å². The van der Waals surface area contributed by atoms with Gasteiger partial charge in [-0.05, 0) is 49.9 Å². The van der Waals surface area contributed by atoms with Gasteiger partial charge in [0.1, 0.15) is 5.75 Å².